The number of imide groups is 1. The van der Waals surface area contributed by atoms with Crippen LogP contribution in [-0.4, -0.2) is 60.8 Å². The molecule has 1 aliphatic heterocycles. The predicted octanol–water partition coefficient (Wildman–Crippen LogP) is 1.47. The highest BCUT2D eigenvalue weighted by atomic mass is 32.2. The second kappa shape index (κ2) is 7.77. The van der Waals surface area contributed by atoms with Crippen LogP contribution in [-0.2, 0) is 16.1 Å². The predicted molar refractivity (Wildman–Crippen MR) is 95.6 cm³/mol. The third-order valence-electron chi connectivity index (χ3n) is 4.13. The van der Waals surface area contributed by atoms with Gasteiger partial charge in [0.05, 0.1) is 11.0 Å². The van der Waals surface area contributed by atoms with Gasteiger partial charge >= 0.3 is 0 Å². The van der Waals surface area contributed by atoms with Crippen LogP contribution >= 0.6 is 23.5 Å². The van der Waals surface area contributed by atoms with Gasteiger partial charge in [-0.3, -0.25) is 19.3 Å². The van der Waals surface area contributed by atoms with Crippen molar-refractivity contribution in [1.29, 1.82) is 0 Å². The minimum Gasteiger partial charge on any atom is -0.353 e. The van der Waals surface area contributed by atoms with Gasteiger partial charge in [0.25, 0.3) is 5.24 Å². The second-order valence-corrected chi connectivity index (χ2v) is 8.24. The summed E-state index contributed by atoms with van der Waals surface area (Å²) in [5.74, 6) is 1.38. The van der Waals surface area contributed by atoms with Gasteiger partial charge in [-0.15, -0.1) is 10.2 Å². The number of nitrogens with one attached hydrogen (secondary N) is 1. The summed E-state index contributed by atoms with van der Waals surface area (Å²) in [6.07, 6.45) is 2.32. The summed E-state index contributed by atoms with van der Waals surface area (Å²) in [6.45, 7) is 5.12. The van der Waals surface area contributed by atoms with E-state index in [9.17, 15) is 14.4 Å². The highest BCUT2D eigenvalue weighted by molar-refractivity contribution is 8.14. The molecule has 2 fully saturated rings. The van der Waals surface area contributed by atoms with Crippen molar-refractivity contribution < 1.29 is 14.4 Å². The zero-order valence-corrected chi connectivity index (χ0v) is 15.9. The molecule has 3 rings (SSSR count). The van der Waals surface area contributed by atoms with Gasteiger partial charge in [-0.1, -0.05) is 23.5 Å². The number of nitrogens with zero attached hydrogens (tertiary/aromatic N) is 4. The molecule has 3 amide bonds. The zero-order chi connectivity index (χ0) is 18.0. The Morgan fingerprint density at radius 2 is 2.16 bits per heavy atom. The number of carbonyl (C=O) groups is 3. The van der Waals surface area contributed by atoms with Crippen molar-refractivity contribution in [3.63, 3.8) is 0 Å². The molecular formula is C15H21N5O3S2. The van der Waals surface area contributed by atoms with Gasteiger partial charge in [-0.25, -0.2) is 0 Å². The number of thioether (sulfide) groups is 2. The molecule has 25 heavy (non-hydrogen) atoms. The van der Waals surface area contributed by atoms with Crippen molar-refractivity contribution in [2.24, 2.45) is 0 Å². The van der Waals surface area contributed by atoms with E-state index < -0.39 is 0 Å². The minimum absolute atomic E-state index is 0.143. The number of hydrogen-bond acceptors (Lipinski definition) is 7. The van der Waals surface area contributed by atoms with Crippen molar-refractivity contribution in [3.8, 4) is 0 Å². The summed E-state index contributed by atoms with van der Waals surface area (Å²) in [5.41, 5.74) is 0. The lowest BCUT2D eigenvalue weighted by molar-refractivity contribution is -0.125. The summed E-state index contributed by atoms with van der Waals surface area (Å²) >= 11 is 2.38. The molecule has 10 heteroatoms. The van der Waals surface area contributed by atoms with Crippen LogP contribution in [0.15, 0.2) is 5.16 Å². The average Bonchev–Trinajstić information content (AvgIpc) is 3.29. The maximum absolute atomic E-state index is 12.3. The van der Waals surface area contributed by atoms with Crippen molar-refractivity contribution in [2.75, 3.05) is 18.8 Å². The van der Waals surface area contributed by atoms with Crippen molar-refractivity contribution in [2.45, 2.75) is 49.6 Å². The average molecular weight is 383 g/mol. The summed E-state index contributed by atoms with van der Waals surface area (Å²) in [6, 6.07) is 0. The highest BCUT2D eigenvalue weighted by Crippen LogP contribution is 2.40. The van der Waals surface area contributed by atoms with Crippen molar-refractivity contribution in [1.82, 2.24) is 25.0 Å². The number of aromatic nitrogens is 3. The van der Waals surface area contributed by atoms with Crippen LogP contribution in [0.2, 0.25) is 0 Å². The van der Waals surface area contributed by atoms with Gasteiger partial charge in [-0.05, 0) is 26.7 Å². The van der Waals surface area contributed by atoms with Crippen molar-refractivity contribution >= 4 is 40.6 Å². The highest BCUT2D eigenvalue weighted by Gasteiger charge is 2.31. The van der Waals surface area contributed by atoms with Gasteiger partial charge in [0, 0.05) is 25.6 Å². The molecule has 8 nitrogen and oxygen atoms in total. The fourth-order valence-corrected chi connectivity index (χ4v) is 4.27. The molecule has 1 N–H and O–H groups in total. The number of rotatable bonds is 8. The fraction of sp³-hybridized carbons (Fsp3) is 0.667. The Morgan fingerprint density at radius 1 is 1.40 bits per heavy atom. The molecule has 0 bridgehead atoms. The Morgan fingerprint density at radius 3 is 2.76 bits per heavy atom. The van der Waals surface area contributed by atoms with Gasteiger partial charge < -0.3 is 9.88 Å². The van der Waals surface area contributed by atoms with Crippen LogP contribution < -0.4 is 5.32 Å². The molecule has 0 radical (unpaired) electrons. The van der Waals surface area contributed by atoms with E-state index in [0.29, 0.717) is 5.92 Å². The summed E-state index contributed by atoms with van der Waals surface area (Å²) < 4.78 is 2.07. The van der Waals surface area contributed by atoms with Crippen LogP contribution in [0.5, 0.6) is 0 Å². The Kier molecular flexibility index (Phi) is 5.67. The molecule has 2 heterocycles. The molecule has 1 aromatic rings. The van der Waals surface area contributed by atoms with Gasteiger partial charge in [-0.2, -0.15) is 0 Å². The van der Waals surface area contributed by atoms with Crippen molar-refractivity contribution in [3.05, 3.63) is 5.82 Å². The third-order valence-corrected chi connectivity index (χ3v) is 6.07. The Bertz CT molecular complexity index is 673. The quantitative estimate of drug-likeness (QED) is 0.679. The first-order valence-corrected chi connectivity index (χ1v) is 10.2. The zero-order valence-electron chi connectivity index (χ0n) is 14.2. The number of hydrogen-bond donors (Lipinski definition) is 1. The molecule has 0 unspecified atom stereocenters. The Balaban J connectivity index is 1.49. The van der Waals surface area contributed by atoms with E-state index in [0.717, 1.165) is 42.1 Å². The normalized spacial score (nSPS) is 18.7. The molecule has 0 aromatic carbocycles. The molecule has 136 valence electrons. The standard InChI is InChI=1S/C15H21N5O3S2/c1-3-19-12(10-4-5-10)17-18-14(19)25-9(2)13(22)16-6-7-20-11(21)8-24-15(20)23/h9-10H,3-8H2,1-2H3,(H,16,22)/t9-/m1/s1. The Labute approximate surface area is 154 Å². The molecule has 1 aromatic heterocycles. The lowest BCUT2D eigenvalue weighted by atomic mass is 10.4. The molecule has 1 saturated heterocycles. The summed E-state index contributed by atoms with van der Waals surface area (Å²) in [4.78, 5) is 36.5. The second-order valence-electron chi connectivity index (χ2n) is 6.01. The minimum atomic E-state index is -0.332. The van der Waals surface area contributed by atoms with Gasteiger partial charge in [0.1, 0.15) is 5.82 Å². The van der Waals surface area contributed by atoms with Crippen LogP contribution in [0.4, 0.5) is 4.79 Å². The van der Waals surface area contributed by atoms with Crippen LogP contribution in [0.3, 0.4) is 0 Å². The van der Waals surface area contributed by atoms with E-state index in [1.54, 1.807) is 0 Å². The molecule has 1 atom stereocenters. The largest absolute Gasteiger partial charge is 0.353 e. The molecule has 0 spiro atoms. The van der Waals surface area contributed by atoms with Crippen LogP contribution in [0, 0.1) is 0 Å². The molecule has 1 aliphatic carbocycles. The van der Waals surface area contributed by atoms with E-state index in [4.69, 9.17) is 0 Å². The molecular weight excluding hydrogens is 362 g/mol. The maximum Gasteiger partial charge on any atom is 0.288 e. The Hall–Kier alpha value is -1.55. The monoisotopic (exact) mass is 383 g/mol. The lowest BCUT2D eigenvalue weighted by Crippen LogP contribution is -2.39. The fourth-order valence-electron chi connectivity index (χ4n) is 2.57. The first kappa shape index (κ1) is 18.2. The van der Waals surface area contributed by atoms with Crippen LogP contribution in [0.25, 0.3) is 0 Å². The SMILES string of the molecule is CCn1c(S[C@H](C)C(=O)NCCN2C(=O)CSC2=O)nnc1C1CC1. The van der Waals surface area contributed by atoms with E-state index >= 15 is 0 Å². The van der Waals surface area contributed by atoms with E-state index in [1.807, 2.05) is 13.8 Å². The van der Waals surface area contributed by atoms with E-state index in [-0.39, 0.29) is 41.1 Å². The van der Waals surface area contributed by atoms with E-state index in [1.165, 1.54) is 16.7 Å². The first-order valence-electron chi connectivity index (χ1n) is 8.35. The van der Waals surface area contributed by atoms with Gasteiger partial charge in [0.15, 0.2) is 5.16 Å². The summed E-state index contributed by atoms with van der Waals surface area (Å²) in [5, 5.41) is 11.5. The van der Waals surface area contributed by atoms with Crippen LogP contribution in [0.1, 0.15) is 38.4 Å². The maximum atomic E-state index is 12.3. The number of carbonyl (C=O) groups excluding carboxylic acids is 3. The molecule has 1 saturated carbocycles. The number of amides is 3. The third kappa shape index (κ3) is 4.17. The summed E-state index contributed by atoms with van der Waals surface area (Å²) in [7, 11) is 0. The van der Waals surface area contributed by atoms with Gasteiger partial charge in [0.2, 0.25) is 11.8 Å². The first-order chi connectivity index (χ1) is 12.0. The lowest BCUT2D eigenvalue weighted by Gasteiger charge is -2.15. The smallest absolute Gasteiger partial charge is 0.288 e. The van der Waals surface area contributed by atoms with E-state index in [2.05, 4.69) is 20.1 Å². The topological polar surface area (TPSA) is 97.2 Å². The molecule has 2 aliphatic rings.